The van der Waals surface area contributed by atoms with Crippen molar-refractivity contribution in [1.82, 2.24) is 15.6 Å². The minimum atomic E-state index is -0.597. The molecule has 2 heterocycles. The summed E-state index contributed by atoms with van der Waals surface area (Å²) < 4.78 is 0. The van der Waals surface area contributed by atoms with E-state index in [1.807, 2.05) is 47.3 Å². The number of hydrogen-bond donors (Lipinski definition) is 2. The molecule has 2 N–H and O–H groups in total. The van der Waals surface area contributed by atoms with Crippen molar-refractivity contribution < 1.29 is 4.92 Å². The molecule has 26 heavy (non-hydrogen) atoms. The number of hydrogen-bond acceptors (Lipinski definition) is 4. The maximum absolute atomic E-state index is 10.9. The summed E-state index contributed by atoms with van der Waals surface area (Å²) in [6, 6.07) is 16.2. The monoisotopic (exact) mass is 385 g/mol. The van der Waals surface area contributed by atoms with E-state index in [0.717, 1.165) is 11.3 Å². The van der Waals surface area contributed by atoms with Crippen LogP contribution in [0.5, 0.6) is 0 Å². The summed E-state index contributed by atoms with van der Waals surface area (Å²) in [6.45, 7) is 2.00. The number of anilines is 1. The predicted octanol–water partition coefficient (Wildman–Crippen LogP) is 2.64. The molecule has 0 spiro atoms. The van der Waals surface area contributed by atoms with E-state index in [1.54, 1.807) is 12.1 Å². The SMILES string of the molecule is C[C@]1(c2ccc([N+](=O)[O-])cc2)NC(=S)N2[C@@H]1NC(=S)N2c1ccccc1. The van der Waals surface area contributed by atoms with Gasteiger partial charge >= 0.3 is 0 Å². The average molecular weight is 385 g/mol. The van der Waals surface area contributed by atoms with Gasteiger partial charge < -0.3 is 10.6 Å². The second kappa shape index (κ2) is 5.89. The minimum Gasteiger partial charge on any atom is -0.348 e. The lowest BCUT2D eigenvalue weighted by molar-refractivity contribution is -0.384. The number of hydrazine groups is 1. The van der Waals surface area contributed by atoms with Gasteiger partial charge in [0.25, 0.3) is 5.69 Å². The van der Waals surface area contributed by atoms with Gasteiger partial charge in [-0.25, -0.2) is 10.0 Å². The fourth-order valence-electron chi connectivity index (χ4n) is 3.37. The van der Waals surface area contributed by atoms with Gasteiger partial charge in [-0.05, 0) is 61.2 Å². The molecule has 2 aromatic carbocycles. The van der Waals surface area contributed by atoms with Gasteiger partial charge in [-0.2, -0.15) is 0 Å². The van der Waals surface area contributed by atoms with E-state index in [9.17, 15) is 10.1 Å². The third-order valence-corrected chi connectivity index (χ3v) is 5.29. The summed E-state index contributed by atoms with van der Waals surface area (Å²) in [5.74, 6) is 0. The number of rotatable bonds is 3. The molecule has 2 aromatic rings. The van der Waals surface area contributed by atoms with Crippen LogP contribution in [-0.2, 0) is 5.54 Å². The Kier molecular flexibility index (Phi) is 3.78. The second-order valence-corrected chi connectivity index (χ2v) is 7.05. The smallest absolute Gasteiger partial charge is 0.269 e. The number of nitrogens with one attached hydrogen (secondary N) is 2. The van der Waals surface area contributed by atoms with Gasteiger partial charge in [0, 0.05) is 12.1 Å². The summed E-state index contributed by atoms with van der Waals surface area (Å²) in [6.07, 6.45) is -0.246. The Morgan fingerprint density at radius 2 is 1.73 bits per heavy atom. The van der Waals surface area contributed by atoms with Gasteiger partial charge in [0.15, 0.2) is 16.4 Å². The van der Waals surface area contributed by atoms with E-state index in [1.165, 1.54) is 12.1 Å². The van der Waals surface area contributed by atoms with E-state index in [0.29, 0.717) is 10.2 Å². The molecule has 0 bridgehead atoms. The fraction of sp³-hybridized carbons (Fsp3) is 0.176. The molecule has 4 rings (SSSR count). The maximum Gasteiger partial charge on any atom is 0.269 e. The van der Waals surface area contributed by atoms with Crippen molar-refractivity contribution in [1.29, 1.82) is 0 Å². The highest BCUT2D eigenvalue weighted by Crippen LogP contribution is 2.38. The lowest BCUT2D eigenvalue weighted by Gasteiger charge is -2.30. The van der Waals surface area contributed by atoms with E-state index in [-0.39, 0.29) is 11.9 Å². The lowest BCUT2D eigenvalue weighted by Crippen LogP contribution is -2.49. The van der Waals surface area contributed by atoms with Crippen molar-refractivity contribution in [2.75, 3.05) is 5.01 Å². The van der Waals surface area contributed by atoms with Gasteiger partial charge in [0.2, 0.25) is 0 Å². The molecule has 0 saturated carbocycles. The first-order valence-electron chi connectivity index (χ1n) is 7.94. The zero-order valence-electron chi connectivity index (χ0n) is 13.7. The highest BCUT2D eigenvalue weighted by molar-refractivity contribution is 7.81. The summed E-state index contributed by atoms with van der Waals surface area (Å²) in [4.78, 5) is 10.5. The number of nitro benzene ring substituents is 1. The average Bonchev–Trinajstić information content (AvgIpc) is 3.11. The summed E-state index contributed by atoms with van der Waals surface area (Å²) in [5, 5.41) is 22.4. The van der Waals surface area contributed by atoms with Gasteiger partial charge in [-0.1, -0.05) is 18.2 Å². The van der Waals surface area contributed by atoms with Crippen molar-refractivity contribution in [2.24, 2.45) is 0 Å². The van der Waals surface area contributed by atoms with Crippen LogP contribution in [0.1, 0.15) is 12.5 Å². The van der Waals surface area contributed by atoms with Gasteiger partial charge in [0.05, 0.1) is 10.6 Å². The number of nitro groups is 1. The first-order valence-corrected chi connectivity index (χ1v) is 8.75. The zero-order valence-corrected chi connectivity index (χ0v) is 15.4. The molecule has 9 heteroatoms. The van der Waals surface area contributed by atoms with E-state index >= 15 is 0 Å². The van der Waals surface area contributed by atoms with Crippen LogP contribution in [0.2, 0.25) is 0 Å². The largest absolute Gasteiger partial charge is 0.348 e. The Hall–Kier alpha value is -2.78. The van der Waals surface area contributed by atoms with Crippen LogP contribution in [0.4, 0.5) is 11.4 Å². The molecule has 7 nitrogen and oxygen atoms in total. The number of fused-ring (bicyclic) bond motifs is 1. The van der Waals surface area contributed by atoms with E-state index < -0.39 is 10.5 Å². The van der Waals surface area contributed by atoms with Crippen molar-refractivity contribution in [3.8, 4) is 0 Å². The summed E-state index contributed by atoms with van der Waals surface area (Å²) >= 11 is 11.1. The molecule has 0 aliphatic carbocycles. The van der Waals surface area contributed by atoms with Crippen LogP contribution in [0.3, 0.4) is 0 Å². The Balaban J connectivity index is 1.72. The van der Waals surface area contributed by atoms with Gasteiger partial charge in [-0.15, -0.1) is 0 Å². The Morgan fingerprint density at radius 1 is 1.08 bits per heavy atom. The van der Waals surface area contributed by atoms with Crippen molar-refractivity contribution >= 4 is 46.0 Å². The molecule has 132 valence electrons. The van der Waals surface area contributed by atoms with Crippen LogP contribution < -0.4 is 15.6 Å². The summed E-state index contributed by atoms with van der Waals surface area (Å²) in [7, 11) is 0. The van der Waals surface area contributed by atoms with E-state index in [2.05, 4.69) is 10.6 Å². The second-order valence-electron chi connectivity index (χ2n) is 6.28. The molecular weight excluding hydrogens is 370 g/mol. The highest BCUT2D eigenvalue weighted by Gasteiger charge is 2.55. The number of para-hydroxylation sites is 1. The predicted molar refractivity (Wildman–Crippen MR) is 106 cm³/mol. The maximum atomic E-state index is 10.9. The molecule has 2 aliphatic rings. The molecule has 0 amide bonds. The van der Waals surface area contributed by atoms with Crippen molar-refractivity contribution in [3.05, 3.63) is 70.3 Å². The Labute approximate surface area is 160 Å². The quantitative estimate of drug-likeness (QED) is 0.475. The Morgan fingerprint density at radius 3 is 2.35 bits per heavy atom. The molecule has 2 aliphatic heterocycles. The van der Waals surface area contributed by atoms with Crippen LogP contribution in [0.15, 0.2) is 54.6 Å². The molecule has 0 unspecified atom stereocenters. The lowest BCUT2D eigenvalue weighted by atomic mass is 9.90. The number of thiocarbonyl (C=S) groups is 2. The van der Waals surface area contributed by atoms with Crippen molar-refractivity contribution in [3.63, 3.8) is 0 Å². The molecule has 2 atom stereocenters. The molecule has 2 fully saturated rings. The van der Waals surface area contributed by atoms with Gasteiger partial charge in [0.1, 0.15) is 5.54 Å². The fourth-order valence-corrected chi connectivity index (χ4v) is 4.07. The standard InChI is InChI=1S/C17H15N5O2S2/c1-17(11-7-9-13(10-8-11)22(23)24)14-18-15(25)20(21(14)16(26)19-17)12-5-3-2-4-6-12/h2-10,14H,1H3,(H,18,25)(H,19,26)/t14-,17+/m0/s1. The highest BCUT2D eigenvalue weighted by atomic mass is 32.1. The normalized spacial score (nSPS) is 24.3. The van der Waals surface area contributed by atoms with Crippen LogP contribution >= 0.6 is 24.4 Å². The van der Waals surface area contributed by atoms with E-state index in [4.69, 9.17) is 24.4 Å². The first-order chi connectivity index (χ1) is 12.4. The Bertz CT molecular complexity index is 905. The van der Waals surface area contributed by atoms with Crippen molar-refractivity contribution in [2.45, 2.75) is 18.6 Å². The zero-order chi connectivity index (χ0) is 18.5. The van der Waals surface area contributed by atoms with Gasteiger partial charge in [-0.3, -0.25) is 10.1 Å². The van der Waals surface area contributed by atoms with Crippen LogP contribution in [0.25, 0.3) is 0 Å². The third kappa shape index (κ3) is 2.39. The first kappa shape index (κ1) is 16.7. The topological polar surface area (TPSA) is 73.7 Å². The minimum absolute atomic E-state index is 0.0515. The number of nitrogens with zero attached hydrogens (tertiary/aromatic N) is 3. The number of benzene rings is 2. The third-order valence-electron chi connectivity index (χ3n) is 4.71. The van der Waals surface area contributed by atoms with Crippen LogP contribution in [-0.4, -0.2) is 26.3 Å². The van der Waals surface area contributed by atoms with Crippen LogP contribution in [0, 0.1) is 10.1 Å². The molecule has 0 radical (unpaired) electrons. The molecule has 0 aromatic heterocycles. The molecule has 2 saturated heterocycles. The summed E-state index contributed by atoms with van der Waals surface area (Å²) in [5.41, 5.74) is 1.24. The number of non-ortho nitro benzene ring substituents is 1. The molecular formula is C17H15N5O2S2.